The van der Waals surface area contributed by atoms with Crippen LogP contribution in [0.5, 0.6) is 0 Å². The van der Waals surface area contributed by atoms with Gasteiger partial charge < -0.3 is 0 Å². The largest absolute Gasteiger partial charge is 0.297 e. The summed E-state index contributed by atoms with van der Waals surface area (Å²) in [5.41, 5.74) is 1.18. The van der Waals surface area contributed by atoms with E-state index in [2.05, 4.69) is 0 Å². The molecule has 0 saturated heterocycles. The summed E-state index contributed by atoms with van der Waals surface area (Å²) < 4.78 is 11.6. The molecule has 0 saturated carbocycles. The molecule has 0 aliphatic rings. The van der Waals surface area contributed by atoms with Crippen LogP contribution < -0.4 is 5.30 Å². The van der Waals surface area contributed by atoms with Crippen LogP contribution in [0.25, 0.3) is 0 Å². The average molecular weight is 221 g/mol. The second-order valence-electron chi connectivity index (χ2n) is 2.19. The maximum atomic E-state index is 11.6. The number of hydrogen-bond acceptors (Lipinski definition) is 1. The molecule has 1 aromatic carbocycles. The molecule has 0 bridgehead atoms. The summed E-state index contributed by atoms with van der Waals surface area (Å²) in [6, 6.07) is 8.83. The Morgan fingerprint density at radius 3 is 2.33 bits per heavy atom. The van der Waals surface area contributed by atoms with Crippen molar-refractivity contribution in [1.82, 2.24) is 0 Å². The lowest BCUT2D eigenvalue weighted by atomic mass is 10.4. The lowest BCUT2D eigenvalue weighted by Gasteiger charge is -2.03. The smallest absolute Gasteiger partial charge is 0.219 e. The average Bonchev–Trinajstić information content (AvgIpc) is 2.06. The van der Waals surface area contributed by atoms with Gasteiger partial charge in [0.25, 0.3) is 0 Å². The van der Waals surface area contributed by atoms with E-state index in [4.69, 9.17) is 22.8 Å². The monoisotopic (exact) mass is 220 g/mol. The van der Waals surface area contributed by atoms with E-state index in [1.54, 1.807) is 24.3 Å². The summed E-state index contributed by atoms with van der Waals surface area (Å²) in [6.45, 7) is -2.89. The molecule has 0 aromatic heterocycles. The molecule has 0 aliphatic carbocycles. The van der Waals surface area contributed by atoms with Crippen LogP contribution in [0.15, 0.2) is 41.7 Å². The van der Waals surface area contributed by atoms with Crippen molar-refractivity contribution in [1.29, 1.82) is 0 Å². The van der Waals surface area contributed by atoms with Crippen molar-refractivity contribution in [3.63, 3.8) is 0 Å². The summed E-state index contributed by atoms with van der Waals surface area (Å²) >= 11 is 11.0. The fourth-order valence-corrected chi connectivity index (χ4v) is 2.84. The first-order chi connectivity index (χ1) is 5.67. The highest BCUT2D eigenvalue weighted by molar-refractivity contribution is 7.97. The van der Waals surface area contributed by atoms with Gasteiger partial charge in [-0.2, -0.15) is 0 Å². The quantitative estimate of drug-likeness (QED) is 0.698. The molecular formula is C8H7Cl2OP. The van der Waals surface area contributed by atoms with Gasteiger partial charge in [0.2, 0.25) is 6.49 Å². The number of benzene rings is 1. The van der Waals surface area contributed by atoms with E-state index in [1.807, 2.05) is 6.07 Å². The minimum Gasteiger partial charge on any atom is -0.297 e. The van der Waals surface area contributed by atoms with Crippen LogP contribution in [0.4, 0.5) is 0 Å². The highest BCUT2D eigenvalue weighted by atomic mass is 35.7. The highest BCUT2D eigenvalue weighted by Gasteiger charge is 2.15. The van der Waals surface area contributed by atoms with Gasteiger partial charge in [0.15, 0.2) is 0 Å². The molecule has 0 spiro atoms. The standard InChI is InChI=1S/C8H7Cl2OP/c9-6-7-12(10,11)8-4-2-1-3-5-8/h1-7H. The van der Waals surface area contributed by atoms with Crippen LogP contribution in [0.2, 0.25) is 0 Å². The molecule has 0 amide bonds. The molecule has 1 rings (SSSR count). The molecule has 0 aliphatic heterocycles. The Morgan fingerprint density at radius 2 is 1.83 bits per heavy atom. The first-order valence-corrected chi connectivity index (χ1v) is 6.41. The van der Waals surface area contributed by atoms with E-state index in [1.165, 1.54) is 11.4 Å². The van der Waals surface area contributed by atoms with E-state index in [-0.39, 0.29) is 0 Å². The summed E-state index contributed by atoms with van der Waals surface area (Å²) in [7, 11) is 0. The van der Waals surface area contributed by atoms with Crippen molar-refractivity contribution in [2.24, 2.45) is 0 Å². The van der Waals surface area contributed by atoms with Crippen molar-refractivity contribution in [2.75, 3.05) is 0 Å². The van der Waals surface area contributed by atoms with Gasteiger partial charge >= 0.3 is 0 Å². The van der Waals surface area contributed by atoms with Gasteiger partial charge in [-0.1, -0.05) is 41.9 Å². The molecule has 1 aromatic rings. The van der Waals surface area contributed by atoms with Gasteiger partial charge in [0.05, 0.1) is 0 Å². The van der Waals surface area contributed by atoms with Gasteiger partial charge in [-0.05, 0) is 11.2 Å². The summed E-state index contributed by atoms with van der Waals surface area (Å²) in [5, 5.41) is 0.601. The zero-order chi connectivity index (χ0) is 9.03. The fraction of sp³-hybridized carbons (Fsp3) is 0. The molecule has 64 valence electrons. The third-order valence-electron chi connectivity index (χ3n) is 1.36. The maximum Gasteiger partial charge on any atom is 0.219 e. The van der Waals surface area contributed by atoms with E-state index in [9.17, 15) is 4.57 Å². The van der Waals surface area contributed by atoms with Crippen LogP contribution in [0.1, 0.15) is 0 Å². The van der Waals surface area contributed by atoms with E-state index < -0.39 is 6.49 Å². The number of hydrogen-bond donors (Lipinski definition) is 0. The van der Waals surface area contributed by atoms with E-state index in [0.717, 1.165) is 0 Å². The van der Waals surface area contributed by atoms with Gasteiger partial charge in [-0.25, -0.2) is 0 Å². The molecule has 4 heteroatoms. The van der Waals surface area contributed by atoms with Crippen molar-refractivity contribution in [3.05, 3.63) is 41.7 Å². The first kappa shape index (κ1) is 9.85. The number of rotatable bonds is 2. The van der Waals surface area contributed by atoms with Crippen molar-refractivity contribution < 1.29 is 4.57 Å². The minimum absolute atomic E-state index is 0.601. The number of halogens is 2. The van der Waals surface area contributed by atoms with Crippen LogP contribution in [0.3, 0.4) is 0 Å². The lowest BCUT2D eigenvalue weighted by molar-refractivity contribution is 0.595. The summed E-state index contributed by atoms with van der Waals surface area (Å²) in [5.74, 6) is 1.31. The molecule has 1 atom stereocenters. The predicted molar refractivity (Wildman–Crippen MR) is 54.5 cm³/mol. The normalized spacial score (nSPS) is 16.2. The van der Waals surface area contributed by atoms with E-state index >= 15 is 0 Å². The molecule has 12 heavy (non-hydrogen) atoms. The van der Waals surface area contributed by atoms with Gasteiger partial charge in [0.1, 0.15) is 0 Å². The molecular weight excluding hydrogens is 214 g/mol. The fourth-order valence-electron chi connectivity index (χ4n) is 0.790. The van der Waals surface area contributed by atoms with Crippen molar-refractivity contribution >= 4 is 34.6 Å². The Balaban J connectivity index is 3.07. The molecule has 0 heterocycles. The molecule has 1 nitrogen and oxygen atoms in total. The third kappa shape index (κ3) is 2.38. The Labute approximate surface area is 81.2 Å². The minimum atomic E-state index is -2.89. The third-order valence-corrected chi connectivity index (χ3v) is 4.12. The van der Waals surface area contributed by atoms with Crippen molar-refractivity contribution in [2.45, 2.75) is 0 Å². The van der Waals surface area contributed by atoms with Crippen LogP contribution >= 0.6 is 29.3 Å². The summed E-state index contributed by atoms with van der Waals surface area (Å²) in [4.78, 5) is 0. The summed E-state index contributed by atoms with van der Waals surface area (Å²) in [6.07, 6.45) is 0. The molecule has 0 N–H and O–H groups in total. The second-order valence-corrected chi connectivity index (χ2v) is 5.91. The maximum absolute atomic E-state index is 11.6. The van der Waals surface area contributed by atoms with Gasteiger partial charge in [-0.15, -0.1) is 0 Å². The van der Waals surface area contributed by atoms with Gasteiger partial charge in [0, 0.05) is 16.7 Å². The Kier molecular flexibility index (Phi) is 3.39. The van der Waals surface area contributed by atoms with Crippen LogP contribution in [-0.4, -0.2) is 0 Å². The lowest BCUT2D eigenvalue weighted by Crippen LogP contribution is -1.96. The molecule has 0 radical (unpaired) electrons. The van der Waals surface area contributed by atoms with Gasteiger partial charge in [-0.3, -0.25) is 4.57 Å². The first-order valence-electron chi connectivity index (χ1n) is 3.30. The second kappa shape index (κ2) is 4.13. The predicted octanol–water partition coefficient (Wildman–Crippen LogP) is 3.54. The Bertz CT molecular complexity index is 321. The molecule has 0 fully saturated rings. The van der Waals surface area contributed by atoms with Crippen LogP contribution in [0, 0.1) is 0 Å². The zero-order valence-corrected chi connectivity index (χ0v) is 8.56. The molecule has 1 unspecified atom stereocenters. The Hall–Kier alpha value is -0.230. The highest BCUT2D eigenvalue weighted by Crippen LogP contribution is 2.51. The Morgan fingerprint density at radius 1 is 1.25 bits per heavy atom. The SMILES string of the molecule is O=P(Cl)(C=CCl)c1ccccc1. The topological polar surface area (TPSA) is 17.1 Å². The zero-order valence-electron chi connectivity index (χ0n) is 6.15. The van der Waals surface area contributed by atoms with Crippen LogP contribution in [-0.2, 0) is 4.57 Å². The van der Waals surface area contributed by atoms with Crippen molar-refractivity contribution in [3.8, 4) is 0 Å². The van der Waals surface area contributed by atoms with E-state index in [0.29, 0.717) is 5.30 Å².